The Hall–Kier alpha value is -3.75. The van der Waals surface area contributed by atoms with Gasteiger partial charge >= 0.3 is 18.0 Å². The third kappa shape index (κ3) is 4.89. The molecule has 1 aromatic heterocycles. The van der Waals surface area contributed by atoms with Crippen molar-refractivity contribution < 1.29 is 48.3 Å². The number of pyridine rings is 1. The number of sulfone groups is 1. The normalized spacial score (nSPS) is 18.5. The molecule has 2 heterocycles. The second-order valence-electron chi connectivity index (χ2n) is 9.52. The van der Waals surface area contributed by atoms with E-state index in [4.69, 9.17) is 0 Å². The van der Waals surface area contributed by atoms with Crippen molar-refractivity contribution in [2.75, 3.05) is 13.1 Å². The van der Waals surface area contributed by atoms with Crippen molar-refractivity contribution in [3.05, 3.63) is 99.7 Å². The fourth-order valence-electron chi connectivity index (χ4n) is 4.76. The van der Waals surface area contributed by atoms with E-state index in [9.17, 15) is 53.1 Å². The lowest BCUT2D eigenvalue weighted by molar-refractivity contribution is -0.348. The zero-order valence-corrected chi connectivity index (χ0v) is 21.7. The summed E-state index contributed by atoms with van der Waals surface area (Å²) in [6, 6.07) is 7.51. The fraction of sp³-hybridized carbons (Fsp3) is 0.308. The Morgan fingerprint density at radius 1 is 0.878 bits per heavy atom. The van der Waals surface area contributed by atoms with Gasteiger partial charge in [-0.15, -0.1) is 0 Å². The molecule has 0 saturated carbocycles. The van der Waals surface area contributed by atoms with E-state index in [0.717, 1.165) is 35.2 Å². The molecule has 0 radical (unpaired) electrons. The molecule has 4 rings (SSSR count). The van der Waals surface area contributed by atoms with Crippen LogP contribution in [-0.4, -0.2) is 49.2 Å². The number of aryl methyl sites for hydroxylation is 1. The van der Waals surface area contributed by atoms with Crippen LogP contribution in [0.25, 0.3) is 0 Å². The maximum atomic E-state index is 14.6. The molecule has 6 nitrogen and oxygen atoms in total. The molecule has 0 bridgehead atoms. The molecule has 1 atom stereocenters. The molecular weight excluding hydrogens is 588 g/mol. The number of likely N-dealkylation sites (tertiary alicyclic amines) is 1. The van der Waals surface area contributed by atoms with E-state index in [1.165, 1.54) is 23.9 Å². The number of benzene rings is 2. The first-order valence-electron chi connectivity index (χ1n) is 11.7. The molecule has 0 N–H and O–H groups in total. The summed E-state index contributed by atoms with van der Waals surface area (Å²) in [6.45, 7) is -0.867. The van der Waals surface area contributed by atoms with Crippen molar-refractivity contribution in [3.63, 3.8) is 0 Å². The number of rotatable bonds is 5. The molecule has 1 amide bonds. The third-order valence-electron chi connectivity index (χ3n) is 7.10. The molecule has 0 spiro atoms. The number of aromatic nitrogens is 1. The summed E-state index contributed by atoms with van der Waals surface area (Å²) in [7, 11) is -3.17. The van der Waals surface area contributed by atoms with E-state index >= 15 is 0 Å². The average Bonchev–Trinajstić information content (AvgIpc) is 3.36. The molecule has 1 aliphatic rings. The minimum absolute atomic E-state index is 0.0870. The summed E-state index contributed by atoms with van der Waals surface area (Å²) in [5.74, 6) is -1.54. The number of hydrogen-bond donors (Lipinski definition) is 0. The van der Waals surface area contributed by atoms with Crippen LogP contribution in [0.4, 0.5) is 35.1 Å². The van der Waals surface area contributed by atoms with Gasteiger partial charge in [-0.1, -0.05) is 24.3 Å². The number of carbonyl (C=O) groups is 1. The van der Waals surface area contributed by atoms with Crippen molar-refractivity contribution in [3.8, 4) is 0 Å². The number of carbonyl (C=O) groups excluding carboxylic acids is 1. The molecule has 0 aliphatic carbocycles. The van der Waals surface area contributed by atoms with Crippen LogP contribution in [0.1, 0.15) is 27.9 Å². The topological polar surface area (TPSA) is 76.5 Å². The van der Waals surface area contributed by atoms with Crippen molar-refractivity contribution in [1.82, 2.24) is 9.47 Å². The summed E-state index contributed by atoms with van der Waals surface area (Å²) < 4.78 is 135. The Morgan fingerprint density at radius 3 is 1.95 bits per heavy atom. The van der Waals surface area contributed by atoms with E-state index in [-0.39, 0.29) is 36.2 Å². The maximum Gasteiger partial charge on any atom is 0.435 e. The van der Waals surface area contributed by atoms with Crippen molar-refractivity contribution in [2.45, 2.75) is 34.1 Å². The highest BCUT2D eigenvalue weighted by Crippen LogP contribution is 2.53. The van der Waals surface area contributed by atoms with Gasteiger partial charge in [0.1, 0.15) is 10.6 Å². The summed E-state index contributed by atoms with van der Waals surface area (Å²) >= 11 is 0. The molecule has 2 aromatic carbocycles. The first kappa shape index (κ1) is 30.2. The van der Waals surface area contributed by atoms with Gasteiger partial charge in [-0.25, -0.2) is 17.2 Å². The molecular formula is C26H20F8N2O4S. The number of halogens is 8. The van der Waals surface area contributed by atoms with Gasteiger partial charge in [-0.3, -0.25) is 9.59 Å². The lowest BCUT2D eigenvalue weighted by Crippen LogP contribution is -2.50. The van der Waals surface area contributed by atoms with E-state index in [2.05, 4.69) is 0 Å². The first-order valence-corrected chi connectivity index (χ1v) is 13.2. The van der Waals surface area contributed by atoms with Gasteiger partial charge in [0, 0.05) is 43.5 Å². The highest BCUT2D eigenvalue weighted by Gasteiger charge is 2.73. The van der Waals surface area contributed by atoms with Gasteiger partial charge in [-0.2, -0.15) is 26.3 Å². The summed E-state index contributed by atoms with van der Waals surface area (Å²) in [5.41, 5.74) is -8.51. The van der Waals surface area contributed by atoms with Crippen molar-refractivity contribution in [1.29, 1.82) is 0 Å². The van der Waals surface area contributed by atoms with Gasteiger partial charge in [-0.05, 0) is 42.3 Å². The van der Waals surface area contributed by atoms with Crippen molar-refractivity contribution >= 4 is 15.7 Å². The van der Waals surface area contributed by atoms with Crippen molar-refractivity contribution in [2.24, 2.45) is 7.05 Å². The molecule has 41 heavy (non-hydrogen) atoms. The molecule has 3 aromatic rings. The molecule has 15 heteroatoms. The predicted molar refractivity (Wildman–Crippen MR) is 129 cm³/mol. The third-order valence-corrected chi connectivity index (χ3v) is 9.59. The minimum atomic E-state index is -6.38. The number of nitrogens with zero attached hydrogens (tertiary/aromatic N) is 2. The van der Waals surface area contributed by atoms with Gasteiger partial charge in [0.05, 0.1) is 4.90 Å². The maximum absolute atomic E-state index is 14.6. The summed E-state index contributed by atoms with van der Waals surface area (Å²) in [4.78, 5) is 25.8. The van der Waals surface area contributed by atoms with E-state index in [1.807, 2.05) is 0 Å². The molecule has 1 aliphatic heterocycles. The van der Waals surface area contributed by atoms with Crippen LogP contribution in [0.2, 0.25) is 0 Å². The van der Waals surface area contributed by atoms with Gasteiger partial charge < -0.3 is 9.47 Å². The lowest BCUT2D eigenvalue weighted by Gasteiger charge is -2.32. The number of alkyl halides is 7. The highest BCUT2D eigenvalue weighted by molar-refractivity contribution is 7.92. The van der Waals surface area contributed by atoms with Crippen LogP contribution in [-0.2, 0) is 27.3 Å². The van der Waals surface area contributed by atoms with Crippen LogP contribution in [0.3, 0.4) is 0 Å². The van der Waals surface area contributed by atoms with Crippen LogP contribution in [0.5, 0.6) is 0 Å². The fourth-order valence-corrected chi connectivity index (χ4v) is 6.84. The quantitative estimate of drug-likeness (QED) is 0.301. The second kappa shape index (κ2) is 9.96. The zero-order valence-electron chi connectivity index (χ0n) is 20.9. The van der Waals surface area contributed by atoms with Gasteiger partial charge in [0.15, 0.2) is 9.84 Å². The van der Waals surface area contributed by atoms with E-state index in [0.29, 0.717) is 12.1 Å². The Balaban J connectivity index is 1.84. The minimum Gasteiger partial charge on any atom is -0.337 e. The van der Waals surface area contributed by atoms with E-state index in [1.54, 1.807) is 0 Å². The standard InChI is InChI=1S/C26H20F8N2O4S/c1-35-12-10-16(14-21(35)37)22(38)36-13-11-23(15-36,41(39,40)20-8-6-19(27)7-9-20)17-2-4-18(5-3-17)24(28,25(29,30)31)26(32,33)34/h2-10,12,14H,11,13,15H2,1H3/t23-/m0/s1. The number of hydrogen-bond acceptors (Lipinski definition) is 4. The zero-order chi connectivity index (χ0) is 30.6. The Labute approximate surface area is 227 Å². The summed E-state index contributed by atoms with van der Waals surface area (Å²) in [6.07, 6.45) is -11.8. The average molecular weight is 609 g/mol. The monoisotopic (exact) mass is 608 g/mol. The highest BCUT2D eigenvalue weighted by atomic mass is 32.2. The Morgan fingerprint density at radius 2 is 1.44 bits per heavy atom. The lowest BCUT2D eigenvalue weighted by atomic mass is 9.90. The van der Waals surface area contributed by atoms with Crippen LogP contribution in [0.15, 0.2) is 76.6 Å². The second-order valence-corrected chi connectivity index (χ2v) is 11.8. The summed E-state index contributed by atoms with van der Waals surface area (Å²) in [5, 5.41) is 0. The SMILES string of the molecule is Cn1ccc(C(=O)N2CC[C@](c3ccc(C(F)(C(F)(F)F)C(F)(F)F)cc3)(S(=O)(=O)c3ccc(F)cc3)C2)cc1=O. The number of amides is 1. The van der Waals surface area contributed by atoms with Crippen LogP contribution in [0, 0.1) is 5.82 Å². The first-order chi connectivity index (χ1) is 18.8. The van der Waals surface area contributed by atoms with E-state index < -0.39 is 66.9 Å². The molecule has 220 valence electrons. The smallest absolute Gasteiger partial charge is 0.337 e. The Kier molecular flexibility index (Phi) is 7.34. The van der Waals surface area contributed by atoms with Crippen LogP contribution >= 0.6 is 0 Å². The van der Waals surface area contributed by atoms with Gasteiger partial charge in [0.2, 0.25) is 0 Å². The Bertz CT molecular complexity index is 1620. The predicted octanol–water partition coefficient (Wildman–Crippen LogP) is 5.03. The molecule has 1 saturated heterocycles. The molecule has 1 fully saturated rings. The van der Waals surface area contributed by atoms with Gasteiger partial charge in [0.25, 0.3) is 11.5 Å². The van der Waals surface area contributed by atoms with Crippen LogP contribution < -0.4 is 5.56 Å². The largest absolute Gasteiger partial charge is 0.435 e. The molecule has 0 unspecified atom stereocenters.